The predicted molar refractivity (Wildman–Crippen MR) is 89.1 cm³/mol. The Balaban J connectivity index is 1.98. The fraction of sp³-hybridized carbons (Fsp3) is 0.438. The summed E-state index contributed by atoms with van der Waals surface area (Å²) in [5.41, 5.74) is 12.4. The predicted octanol–water partition coefficient (Wildman–Crippen LogP) is 1.70. The minimum absolute atomic E-state index is 0.00324. The van der Waals surface area contributed by atoms with Crippen LogP contribution in [0.3, 0.4) is 0 Å². The van der Waals surface area contributed by atoms with Gasteiger partial charge in [-0.3, -0.25) is 4.90 Å². The molecule has 1 aliphatic carbocycles. The summed E-state index contributed by atoms with van der Waals surface area (Å²) < 4.78 is 5.39. The second-order valence-corrected chi connectivity index (χ2v) is 5.76. The van der Waals surface area contributed by atoms with Crippen LogP contribution in [0.15, 0.2) is 34.3 Å². The summed E-state index contributed by atoms with van der Waals surface area (Å²) >= 11 is 0. The van der Waals surface area contributed by atoms with Gasteiger partial charge in [0.15, 0.2) is 6.61 Å². The Morgan fingerprint density at radius 2 is 2.04 bits per heavy atom. The molecular formula is C16H20N6O. The summed E-state index contributed by atoms with van der Waals surface area (Å²) in [7, 11) is 0. The number of anilines is 1. The highest BCUT2D eigenvalue weighted by molar-refractivity contribution is 6.05. The summed E-state index contributed by atoms with van der Waals surface area (Å²) in [6.45, 7) is 0.00324. The molecule has 1 spiro atoms. The highest BCUT2D eigenvalue weighted by Crippen LogP contribution is 2.40. The molecule has 0 unspecified atom stereocenters. The number of nitriles is 1. The average Bonchev–Trinajstić information content (AvgIpc) is 2.53. The van der Waals surface area contributed by atoms with Crippen molar-refractivity contribution in [3.05, 3.63) is 24.3 Å². The molecule has 4 N–H and O–H groups in total. The number of hydrogen-bond donors (Lipinski definition) is 2. The second-order valence-electron chi connectivity index (χ2n) is 5.76. The van der Waals surface area contributed by atoms with E-state index in [1.165, 1.54) is 6.42 Å². The maximum Gasteiger partial charge on any atom is 0.220 e. The summed E-state index contributed by atoms with van der Waals surface area (Å²) in [5, 5.41) is 8.66. The van der Waals surface area contributed by atoms with Gasteiger partial charge in [-0.1, -0.05) is 12.5 Å². The van der Waals surface area contributed by atoms with Crippen LogP contribution in [0.1, 0.15) is 32.1 Å². The normalized spacial score (nSPS) is 19.7. The molecule has 0 bridgehead atoms. The standard InChI is InChI=1S/C16H20N6O/c17-9-10-23-13-6-4-5-12(11-13)22-15(19)20-14(18)21-16(22)7-2-1-3-8-16/h4-6,11H,1-3,7-8,10H2,(H4,18,19,20,21). The minimum atomic E-state index is -0.470. The van der Waals surface area contributed by atoms with Crippen molar-refractivity contribution in [2.45, 2.75) is 37.8 Å². The molecule has 0 amide bonds. The lowest BCUT2D eigenvalue weighted by Gasteiger charge is -2.45. The third-order valence-corrected chi connectivity index (χ3v) is 4.23. The number of ether oxygens (including phenoxy) is 1. The van der Waals surface area contributed by atoms with Crippen molar-refractivity contribution in [3.8, 4) is 11.8 Å². The fourth-order valence-corrected chi connectivity index (χ4v) is 3.32. The van der Waals surface area contributed by atoms with Crippen molar-refractivity contribution < 1.29 is 4.74 Å². The Hall–Kier alpha value is -2.75. The molecule has 23 heavy (non-hydrogen) atoms. The topological polar surface area (TPSA) is 113 Å². The summed E-state index contributed by atoms with van der Waals surface area (Å²) in [6.07, 6.45) is 5.10. The molecule has 1 saturated carbocycles. The first kappa shape index (κ1) is 15.2. The van der Waals surface area contributed by atoms with Gasteiger partial charge in [-0.05, 0) is 37.8 Å². The van der Waals surface area contributed by atoms with Crippen LogP contribution in [0.25, 0.3) is 0 Å². The van der Waals surface area contributed by atoms with Crippen LogP contribution >= 0.6 is 0 Å². The quantitative estimate of drug-likeness (QED) is 0.882. The van der Waals surface area contributed by atoms with Gasteiger partial charge in [0.25, 0.3) is 0 Å². The summed E-state index contributed by atoms with van der Waals surface area (Å²) in [5.74, 6) is 1.19. The molecule has 1 fully saturated rings. The maximum atomic E-state index is 8.66. The molecule has 1 aromatic rings. The van der Waals surface area contributed by atoms with Gasteiger partial charge in [0.2, 0.25) is 11.9 Å². The monoisotopic (exact) mass is 312 g/mol. The van der Waals surface area contributed by atoms with E-state index in [2.05, 4.69) is 9.98 Å². The van der Waals surface area contributed by atoms with E-state index in [-0.39, 0.29) is 12.6 Å². The zero-order chi connectivity index (χ0) is 16.3. The van der Waals surface area contributed by atoms with E-state index in [9.17, 15) is 0 Å². The van der Waals surface area contributed by atoms with E-state index in [0.29, 0.717) is 11.7 Å². The molecule has 0 saturated heterocycles. The van der Waals surface area contributed by atoms with Crippen LogP contribution in [0.2, 0.25) is 0 Å². The second kappa shape index (κ2) is 6.16. The van der Waals surface area contributed by atoms with Gasteiger partial charge in [0.05, 0.1) is 0 Å². The van der Waals surface area contributed by atoms with Crippen molar-refractivity contribution in [2.24, 2.45) is 21.5 Å². The van der Waals surface area contributed by atoms with Crippen molar-refractivity contribution in [1.29, 1.82) is 5.26 Å². The van der Waals surface area contributed by atoms with Gasteiger partial charge in [0, 0.05) is 11.8 Å². The van der Waals surface area contributed by atoms with E-state index < -0.39 is 5.66 Å². The van der Waals surface area contributed by atoms with Crippen molar-refractivity contribution in [2.75, 3.05) is 11.5 Å². The van der Waals surface area contributed by atoms with Crippen molar-refractivity contribution >= 4 is 17.6 Å². The zero-order valence-electron chi connectivity index (χ0n) is 12.9. The van der Waals surface area contributed by atoms with Gasteiger partial charge in [-0.2, -0.15) is 10.3 Å². The van der Waals surface area contributed by atoms with E-state index in [1.807, 2.05) is 35.2 Å². The molecule has 1 aliphatic heterocycles. The van der Waals surface area contributed by atoms with Crippen LogP contribution in [0.5, 0.6) is 5.75 Å². The molecule has 0 atom stereocenters. The molecule has 2 aliphatic rings. The van der Waals surface area contributed by atoms with Gasteiger partial charge < -0.3 is 16.2 Å². The van der Waals surface area contributed by atoms with Crippen LogP contribution in [-0.4, -0.2) is 24.2 Å². The molecule has 0 aromatic heterocycles. The largest absolute Gasteiger partial charge is 0.479 e. The van der Waals surface area contributed by atoms with Crippen LogP contribution in [0.4, 0.5) is 5.69 Å². The van der Waals surface area contributed by atoms with Gasteiger partial charge in [0.1, 0.15) is 17.5 Å². The van der Waals surface area contributed by atoms with E-state index in [4.69, 9.17) is 21.5 Å². The molecule has 7 nitrogen and oxygen atoms in total. The van der Waals surface area contributed by atoms with E-state index in [0.717, 1.165) is 31.4 Å². The number of guanidine groups is 2. The lowest BCUT2D eigenvalue weighted by molar-refractivity contribution is 0.305. The molecular weight excluding hydrogens is 292 g/mol. The lowest BCUT2D eigenvalue weighted by Crippen LogP contribution is -2.58. The van der Waals surface area contributed by atoms with E-state index >= 15 is 0 Å². The molecule has 3 rings (SSSR count). The molecule has 7 heteroatoms. The van der Waals surface area contributed by atoms with Crippen LogP contribution < -0.4 is 21.1 Å². The number of rotatable bonds is 3. The Kier molecular flexibility index (Phi) is 4.06. The van der Waals surface area contributed by atoms with Gasteiger partial charge in [-0.15, -0.1) is 0 Å². The Morgan fingerprint density at radius 3 is 2.78 bits per heavy atom. The first-order chi connectivity index (χ1) is 11.1. The number of nitrogens with two attached hydrogens (primary N) is 2. The third-order valence-electron chi connectivity index (χ3n) is 4.23. The lowest BCUT2D eigenvalue weighted by atomic mass is 9.87. The highest BCUT2D eigenvalue weighted by atomic mass is 16.5. The Morgan fingerprint density at radius 1 is 1.26 bits per heavy atom. The maximum absolute atomic E-state index is 8.66. The third kappa shape index (κ3) is 2.93. The fourth-order valence-electron chi connectivity index (χ4n) is 3.32. The average molecular weight is 312 g/mol. The highest BCUT2D eigenvalue weighted by Gasteiger charge is 2.42. The van der Waals surface area contributed by atoms with Crippen LogP contribution in [-0.2, 0) is 0 Å². The molecule has 120 valence electrons. The first-order valence-corrected chi connectivity index (χ1v) is 7.74. The van der Waals surface area contributed by atoms with Crippen LogP contribution in [0, 0.1) is 11.3 Å². The summed E-state index contributed by atoms with van der Waals surface area (Å²) in [4.78, 5) is 10.7. The number of nitrogens with zero attached hydrogens (tertiary/aromatic N) is 4. The Labute approximate surface area is 135 Å². The Bertz CT molecular complexity index is 684. The number of hydrogen-bond acceptors (Lipinski definition) is 7. The molecule has 1 aromatic carbocycles. The zero-order valence-corrected chi connectivity index (χ0v) is 12.9. The van der Waals surface area contributed by atoms with E-state index in [1.54, 1.807) is 0 Å². The van der Waals surface area contributed by atoms with Crippen molar-refractivity contribution in [1.82, 2.24) is 0 Å². The first-order valence-electron chi connectivity index (χ1n) is 7.74. The van der Waals surface area contributed by atoms with Gasteiger partial charge in [-0.25, -0.2) is 4.99 Å². The smallest absolute Gasteiger partial charge is 0.220 e. The number of aliphatic imine (C=N–C) groups is 2. The SMILES string of the molecule is N#CCOc1cccc(N2C(N)=NC(N)=NC23CCCCC3)c1. The van der Waals surface area contributed by atoms with Crippen molar-refractivity contribution in [3.63, 3.8) is 0 Å². The number of benzene rings is 1. The van der Waals surface area contributed by atoms with Gasteiger partial charge >= 0.3 is 0 Å². The minimum Gasteiger partial charge on any atom is -0.479 e. The molecule has 1 heterocycles. The molecule has 0 radical (unpaired) electrons. The summed E-state index contributed by atoms with van der Waals surface area (Å²) in [6, 6.07) is 9.44.